The zero-order valence-electron chi connectivity index (χ0n) is 9.31. The van der Waals surface area contributed by atoms with Crippen molar-refractivity contribution in [3.63, 3.8) is 0 Å². The van der Waals surface area contributed by atoms with Crippen molar-refractivity contribution in [1.29, 1.82) is 0 Å². The lowest BCUT2D eigenvalue weighted by atomic mass is 10.1. The minimum Gasteiger partial charge on any atom is -0.461 e. The number of benzene rings is 2. The van der Waals surface area contributed by atoms with Gasteiger partial charge in [0.05, 0.1) is 11.0 Å². The largest absolute Gasteiger partial charge is 0.461 e. The summed E-state index contributed by atoms with van der Waals surface area (Å²) in [7, 11) is 0. The van der Waals surface area contributed by atoms with Gasteiger partial charge in [0.15, 0.2) is 0 Å². The van der Waals surface area contributed by atoms with Crippen LogP contribution in [-0.2, 0) is 0 Å². The van der Waals surface area contributed by atoms with Crippen molar-refractivity contribution in [2.24, 2.45) is 0 Å². The number of fused-ring (bicyclic) bond motifs is 2. The van der Waals surface area contributed by atoms with Gasteiger partial charge in [-0.2, -0.15) is 0 Å². The van der Waals surface area contributed by atoms with Crippen LogP contribution in [0, 0.1) is 0 Å². The van der Waals surface area contributed by atoms with Gasteiger partial charge in [-0.05, 0) is 30.3 Å². The second-order valence-electron chi connectivity index (χ2n) is 3.91. The van der Waals surface area contributed by atoms with Gasteiger partial charge in [0.2, 0.25) is 5.02 Å². The number of halogens is 2. The summed E-state index contributed by atoms with van der Waals surface area (Å²) in [6.45, 7) is 0. The van der Waals surface area contributed by atoms with Crippen LogP contribution in [0.5, 0.6) is 5.75 Å². The van der Waals surface area contributed by atoms with Crippen LogP contribution < -0.4 is 4.74 Å². The average Bonchev–Trinajstić information content (AvgIpc) is 2.35. The molecule has 2 aromatic carbocycles. The minimum absolute atomic E-state index is 0.634. The highest BCUT2D eigenvalue weighted by Crippen LogP contribution is 2.25. The van der Waals surface area contributed by atoms with Crippen molar-refractivity contribution in [2.45, 2.75) is 5.02 Å². The molecule has 0 aliphatic rings. The van der Waals surface area contributed by atoms with Crippen molar-refractivity contribution >= 4 is 45.0 Å². The first-order valence-corrected chi connectivity index (χ1v) is 6.34. The van der Waals surface area contributed by atoms with Crippen LogP contribution in [0.1, 0.15) is 0 Å². The molecule has 0 radical (unpaired) electrons. The summed E-state index contributed by atoms with van der Waals surface area (Å²) in [5.41, 5.74) is 1.90. The minimum atomic E-state index is -0.865. The van der Waals surface area contributed by atoms with Gasteiger partial charge in [0.25, 0.3) is 0 Å². The standard InChI is InChI=1S/C14H9Cl2NO/c15-14(16)18-11-5-6-13-10(8-11)7-9-3-1-2-4-12(9)17-13/h1-8,14H. The van der Waals surface area contributed by atoms with Gasteiger partial charge in [-0.3, -0.25) is 0 Å². The molecule has 18 heavy (non-hydrogen) atoms. The Kier molecular flexibility index (Phi) is 2.98. The smallest absolute Gasteiger partial charge is 0.247 e. The van der Waals surface area contributed by atoms with E-state index in [2.05, 4.69) is 11.1 Å². The number of rotatable bonds is 2. The molecule has 1 heterocycles. The fourth-order valence-electron chi connectivity index (χ4n) is 1.93. The molecule has 2 nitrogen and oxygen atoms in total. The van der Waals surface area contributed by atoms with E-state index in [0.29, 0.717) is 5.75 Å². The lowest BCUT2D eigenvalue weighted by molar-refractivity contribution is 0.355. The number of para-hydroxylation sites is 1. The third-order valence-corrected chi connectivity index (χ3v) is 2.89. The third kappa shape index (κ3) is 2.22. The van der Waals surface area contributed by atoms with Gasteiger partial charge < -0.3 is 4.74 Å². The number of aromatic nitrogens is 1. The maximum absolute atomic E-state index is 5.59. The van der Waals surface area contributed by atoms with E-state index < -0.39 is 5.02 Å². The highest BCUT2D eigenvalue weighted by molar-refractivity contribution is 6.43. The Balaban J connectivity index is 2.18. The number of pyridine rings is 1. The molecular weight excluding hydrogens is 269 g/mol. The quantitative estimate of drug-likeness (QED) is 0.507. The molecule has 0 saturated carbocycles. The van der Waals surface area contributed by atoms with E-state index in [1.165, 1.54) is 0 Å². The molecule has 3 rings (SSSR count). The fourth-order valence-corrected chi connectivity index (χ4v) is 2.14. The molecule has 0 fully saturated rings. The maximum atomic E-state index is 5.59. The number of ether oxygens (including phenoxy) is 1. The maximum Gasteiger partial charge on any atom is 0.247 e. The predicted octanol–water partition coefficient (Wildman–Crippen LogP) is 4.53. The Labute approximate surface area is 114 Å². The lowest BCUT2D eigenvalue weighted by Crippen LogP contribution is -1.98. The van der Waals surface area contributed by atoms with Crippen LogP contribution in [0.2, 0.25) is 0 Å². The second-order valence-corrected chi connectivity index (χ2v) is 4.93. The summed E-state index contributed by atoms with van der Waals surface area (Å²) >= 11 is 11.2. The monoisotopic (exact) mass is 277 g/mol. The van der Waals surface area contributed by atoms with E-state index in [1.54, 1.807) is 0 Å². The molecule has 0 bridgehead atoms. The number of nitrogens with zero attached hydrogens (tertiary/aromatic N) is 1. The summed E-state index contributed by atoms with van der Waals surface area (Å²) in [4.78, 5) is 4.58. The van der Waals surface area contributed by atoms with Crippen LogP contribution in [-0.4, -0.2) is 10.0 Å². The molecule has 0 aliphatic carbocycles. The summed E-state index contributed by atoms with van der Waals surface area (Å²) in [6.07, 6.45) is 0. The van der Waals surface area contributed by atoms with Crippen LogP contribution in [0.3, 0.4) is 0 Å². The van der Waals surface area contributed by atoms with Crippen LogP contribution in [0.15, 0.2) is 48.5 Å². The van der Waals surface area contributed by atoms with Crippen molar-refractivity contribution in [2.75, 3.05) is 0 Å². The molecule has 0 amide bonds. The van der Waals surface area contributed by atoms with E-state index >= 15 is 0 Å². The summed E-state index contributed by atoms with van der Waals surface area (Å²) in [5, 5.41) is 1.23. The van der Waals surface area contributed by atoms with E-state index in [-0.39, 0.29) is 0 Å². The zero-order chi connectivity index (χ0) is 12.5. The van der Waals surface area contributed by atoms with Crippen molar-refractivity contribution in [3.05, 3.63) is 48.5 Å². The first-order valence-electron chi connectivity index (χ1n) is 5.47. The summed E-state index contributed by atoms with van der Waals surface area (Å²) in [6, 6.07) is 15.6. The molecule has 0 atom stereocenters. The Morgan fingerprint density at radius 2 is 1.67 bits per heavy atom. The van der Waals surface area contributed by atoms with Crippen LogP contribution >= 0.6 is 23.2 Å². The van der Waals surface area contributed by atoms with Gasteiger partial charge in [0, 0.05) is 10.8 Å². The predicted molar refractivity (Wildman–Crippen MR) is 75.4 cm³/mol. The van der Waals surface area contributed by atoms with Crippen LogP contribution in [0.25, 0.3) is 21.8 Å². The van der Waals surface area contributed by atoms with Gasteiger partial charge in [-0.25, -0.2) is 4.98 Å². The summed E-state index contributed by atoms with van der Waals surface area (Å²) in [5.74, 6) is 0.634. The van der Waals surface area contributed by atoms with Gasteiger partial charge in [-0.1, -0.05) is 41.4 Å². The SMILES string of the molecule is ClC(Cl)Oc1ccc2nc3ccccc3cc2c1. The van der Waals surface area contributed by atoms with E-state index in [1.807, 2.05) is 42.5 Å². The highest BCUT2D eigenvalue weighted by atomic mass is 35.5. The van der Waals surface area contributed by atoms with E-state index in [0.717, 1.165) is 21.8 Å². The first-order chi connectivity index (χ1) is 8.72. The molecule has 0 unspecified atom stereocenters. The normalized spacial score (nSPS) is 11.3. The number of hydrogen-bond acceptors (Lipinski definition) is 2. The number of alkyl halides is 2. The molecule has 0 aliphatic heterocycles. The van der Waals surface area contributed by atoms with E-state index in [9.17, 15) is 0 Å². The topological polar surface area (TPSA) is 22.1 Å². The molecule has 0 N–H and O–H groups in total. The van der Waals surface area contributed by atoms with Gasteiger partial charge in [-0.15, -0.1) is 0 Å². The molecule has 4 heteroatoms. The van der Waals surface area contributed by atoms with Crippen LogP contribution in [0.4, 0.5) is 0 Å². The molecule has 3 aromatic rings. The third-order valence-electron chi connectivity index (χ3n) is 2.71. The Bertz CT molecular complexity index is 712. The fraction of sp³-hybridized carbons (Fsp3) is 0.0714. The average molecular weight is 278 g/mol. The molecule has 90 valence electrons. The van der Waals surface area contributed by atoms with Crippen molar-refractivity contribution in [3.8, 4) is 5.75 Å². The summed E-state index contributed by atoms with van der Waals surface area (Å²) < 4.78 is 5.24. The molecule has 1 aromatic heterocycles. The van der Waals surface area contributed by atoms with E-state index in [4.69, 9.17) is 27.9 Å². The highest BCUT2D eigenvalue weighted by Gasteiger charge is 2.04. The Morgan fingerprint density at radius 3 is 2.50 bits per heavy atom. The Hall–Kier alpha value is -1.51. The number of hydrogen-bond donors (Lipinski definition) is 0. The molecule has 0 spiro atoms. The van der Waals surface area contributed by atoms with Crippen molar-refractivity contribution in [1.82, 2.24) is 4.98 Å². The second kappa shape index (κ2) is 4.63. The zero-order valence-corrected chi connectivity index (χ0v) is 10.8. The lowest BCUT2D eigenvalue weighted by Gasteiger charge is -2.07. The van der Waals surface area contributed by atoms with Gasteiger partial charge in [0.1, 0.15) is 5.75 Å². The Morgan fingerprint density at radius 1 is 0.889 bits per heavy atom. The van der Waals surface area contributed by atoms with Gasteiger partial charge >= 0.3 is 0 Å². The molecule has 0 saturated heterocycles. The molecular formula is C14H9Cl2NO. The first kappa shape index (κ1) is 11.6. The van der Waals surface area contributed by atoms with Crippen molar-refractivity contribution < 1.29 is 4.74 Å².